The van der Waals surface area contributed by atoms with Crippen LogP contribution in [0.25, 0.3) is 0 Å². The maximum atomic E-state index is 9.93. The van der Waals surface area contributed by atoms with Gasteiger partial charge in [0.2, 0.25) is 0 Å². The molecular formula is C17H29NO2. The zero-order valence-corrected chi connectivity index (χ0v) is 12.4. The highest BCUT2D eigenvalue weighted by Gasteiger charge is 2.34. The Bertz CT molecular complexity index is 332. The highest BCUT2D eigenvalue weighted by atomic mass is 16.3. The van der Waals surface area contributed by atoms with Gasteiger partial charge in [0.05, 0.1) is 12.2 Å². The van der Waals surface area contributed by atoms with E-state index in [1.807, 2.05) is 6.08 Å². The normalized spacial score (nSPS) is 39.0. The predicted octanol–water partition coefficient (Wildman–Crippen LogP) is 2.54. The van der Waals surface area contributed by atoms with Gasteiger partial charge < -0.3 is 15.5 Å². The lowest BCUT2D eigenvalue weighted by atomic mass is 9.84. The molecule has 0 aliphatic heterocycles. The number of allylic oxidation sites excluding steroid dienone is 2. The van der Waals surface area contributed by atoms with Crippen LogP contribution in [-0.2, 0) is 0 Å². The van der Waals surface area contributed by atoms with Gasteiger partial charge in [-0.1, -0.05) is 37.6 Å². The lowest BCUT2D eigenvalue weighted by Crippen LogP contribution is -2.45. The second-order valence-electron chi connectivity index (χ2n) is 6.44. The molecule has 3 atom stereocenters. The molecule has 0 heterocycles. The molecule has 20 heavy (non-hydrogen) atoms. The van der Waals surface area contributed by atoms with Crippen molar-refractivity contribution in [3.05, 3.63) is 24.8 Å². The molecule has 2 saturated carbocycles. The van der Waals surface area contributed by atoms with Gasteiger partial charge in [-0.15, -0.1) is 0 Å². The first-order valence-electron chi connectivity index (χ1n) is 8.05. The van der Waals surface area contributed by atoms with Crippen LogP contribution in [0.2, 0.25) is 0 Å². The average Bonchev–Trinajstić information content (AvgIpc) is 2.72. The summed E-state index contributed by atoms with van der Waals surface area (Å²) in [4.78, 5) is 0. The smallest absolute Gasteiger partial charge is 0.0951 e. The van der Waals surface area contributed by atoms with Gasteiger partial charge in [0.15, 0.2) is 0 Å². The SMILES string of the molecule is C=CC(=C)C1CCCC(NC2CCC(O)C2O)CCC1. The van der Waals surface area contributed by atoms with Gasteiger partial charge >= 0.3 is 0 Å². The third kappa shape index (κ3) is 3.94. The Balaban J connectivity index is 1.79. The molecule has 114 valence electrons. The lowest BCUT2D eigenvalue weighted by Gasteiger charge is -2.29. The summed E-state index contributed by atoms with van der Waals surface area (Å²) in [5, 5.41) is 23.1. The molecule has 0 aromatic carbocycles. The van der Waals surface area contributed by atoms with Crippen molar-refractivity contribution in [2.75, 3.05) is 0 Å². The van der Waals surface area contributed by atoms with Gasteiger partial charge in [-0.05, 0) is 44.4 Å². The van der Waals surface area contributed by atoms with Gasteiger partial charge in [-0.25, -0.2) is 0 Å². The molecule has 2 aliphatic rings. The monoisotopic (exact) mass is 279 g/mol. The molecule has 0 amide bonds. The number of hydrogen-bond acceptors (Lipinski definition) is 3. The van der Waals surface area contributed by atoms with Crippen molar-refractivity contribution in [3.63, 3.8) is 0 Å². The fraction of sp³-hybridized carbons (Fsp3) is 0.765. The third-order valence-electron chi connectivity index (χ3n) is 5.03. The summed E-state index contributed by atoms with van der Waals surface area (Å²) in [5.74, 6) is 0.604. The summed E-state index contributed by atoms with van der Waals surface area (Å²) in [6.07, 6.45) is 9.45. The largest absolute Gasteiger partial charge is 0.390 e. The Hall–Kier alpha value is -0.640. The Morgan fingerprint density at radius 1 is 1.00 bits per heavy atom. The summed E-state index contributed by atoms with van der Waals surface area (Å²) in [6.45, 7) is 7.92. The minimum absolute atomic E-state index is 0.0772. The van der Waals surface area contributed by atoms with Crippen molar-refractivity contribution in [1.29, 1.82) is 0 Å². The van der Waals surface area contributed by atoms with E-state index >= 15 is 0 Å². The van der Waals surface area contributed by atoms with Crippen molar-refractivity contribution >= 4 is 0 Å². The molecule has 0 bridgehead atoms. The van der Waals surface area contributed by atoms with E-state index < -0.39 is 12.2 Å². The van der Waals surface area contributed by atoms with E-state index in [1.54, 1.807) is 0 Å². The maximum absolute atomic E-state index is 9.93. The van der Waals surface area contributed by atoms with Crippen molar-refractivity contribution in [2.45, 2.75) is 75.7 Å². The number of aliphatic hydroxyl groups excluding tert-OH is 2. The Morgan fingerprint density at radius 2 is 1.65 bits per heavy atom. The van der Waals surface area contributed by atoms with Crippen LogP contribution in [-0.4, -0.2) is 34.5 Å². The van der Waals surface area contributed by atoms with Crippen LogP contribution >= 0.6 is 0 Å². The number of aliphatic hydroxyl groups is 2. The summed E-state index contributed by atoms with van der Waals surface area (Å²) in [5.41, 5.74) is 1.19. The first kappa shape index (κ1) is 15.7. The van der Waals surface area contributed by atoms with Crippen LogP contribution in [0.5, 0.6) is 0 Å². The van der Waals surface area contributed by atoms with Crippen molar-refractivity contribution in [3.8, 4) is 0 Å². The molecule has 0 aromatic heterocycles. The third-order valence-corrected chi connectivity index (χ3v) is 5.03. The Morgan fingerprint density at radius 3 is 2.15 bits per heavy atom. The van der Waals surface area contributed by atoms with Gasteiger partial charge in [-0.2, -0.15) is 0 Å². The zero-order chi connectivity index (χ0) is 14.5. The molecule has 3 heteroatoms. The van der Waals surface area contributed by atoms with Gasteiger partial charge in [0.25, 0.3) is 0 Å². The number of hydrogen-bond donors (Lipinski definition) is 3. The van der Waals surface area contributed by atoms with Crippen LogP contribution < -0.4 is 5.32 Å². The summed E-state index contributed by atoms with van der Waals surface area (Å²) >= 11 is 0. The van der Waals surface area contributed by atoms with Crippen LogP contribution in [0.15, 0.2) is 24.8 Å². The second kappa shape index (κ2) is 7.39. The van der Waals surface area contributed by atoms with E-state index in [4.69, 9.17) is 0 Å². The van der Waals surface area contributed by atoms with Crippen molar-refractivity contribution in [1.82, 2.24) is 5.32 Å². The predicted molar refractivity (Wildman–Crippen MR) is 82.5 cm³/mol. The second-order valence-corrected chi connectivity index (χ2v) is 6.44. The molecule has 3 unspecified atom stereocenters. The minimum Gasteiger partial charge on any atom is -0.390 e. The van der Waals surface area contributed by atoms with Crippen molar-refractivity contribution < 1.29 is 10.2 Å². The lowest BCUT2D eigenvalue weighted by molar-refractivity contribution is 0.0275. The quantitative estimate of drug-likeness (QED) is 0.693. The van der Waals surface area contributed by atoms with Crippen LogP contribution in [0.1, 0.15) is 51.4 Å². The summed E-state index contributed by atoms with van der Waals surface area (Å²) < 4.78 is 0. The number of rotatable bonds is 4. The zero-order valence-electron chi connectivity index (χ0n) is 12.4. The highest BCUT2D eigenvalue weighted by molar-refractivity contribution is 5.15. The van der Waals surface area contributed by atoms with Crippen LogP contribution in [0.3, 0.4) is 0 Å². The van der Waals surface area contributed by atoms with Crippen LogP contribution in [0.4, 0.5) is 0 Å². The number of nitrogens with one attached hydrogen (secondary N) is 1. The molecule has 0 radical (unpaired) electrons. The van der Waals surface area contributed by atoms with E-state index in [1.165, 1.54) is 31.3 Å². The summed E-state index contributed by atoms with van der Waals surface area (Å²) in [6, 6.07) is 0.561. The van der Waals surface area contributed by atoms with E-state index in [9.17, 15) is 10.2 Å². The fourth-order valence-corrected chi connectivity index (χ4v) is 3.66. The molecule has 2 rings (SSSR count). The minimum atomic E-state index is -0.589. The molecule has 0 saturated heterocycles. The topological polar surface area (TPSA) is 52.5 Å². The van der Waals surface area contributed by atoms with Gasteiger partial charge in [0, 0.05) is 12.1 Å². The molecule has 2 aliphatic carbocycles. The van der Waals surface area contributed by atoms with E-state index in [0.29, 0.717) is 18.4 Å². The van der Waals surface area contributed by atoms with E-state index in [-0.39, 0.29) is 6.04 Å². The van der Waals surface area contributed by atoms with Crippen molar-refractivity contribution in [2.24, 2.45) is 5.92 Å². The highest BCUT2D eigenvalue weighted by Crippen LogP contribution is 2.29. The molecule has 0 spiro atoms. The van der Waals surface area contributed by atoms with Crippen LogP contribution in [0, 0.1) is 5.92 Å². The molecule has 3 nitrogen and oxygen atoms in total. The molecule has 3 N–H and O–H groups in total. The standard InChI is InChI=1S/C17H29NO2/c1-3-12(2)13-6-4-8-14(9-5-7-13)18-15-10-11-16(19)17(15)20/h3,13-20H,1-2,4-11H2. The molecule has 2 fully saturated rings. The maximum Gasteiger partial charge on any atom is 0.0951 e. The average molecular weight is 279 g/mol. The van der Waals surface area contributed by atoms with E-state index in [0.717, 1.165) is 19.3 Å². The summed E-state index contributed by atoms with van der Waals surface area (Å²) in [7, 11) is 0. The van der Waals surface area contributed by atoms with Gasteiger partial charge in [-0.3, -0.25) is 0 Å². The first-order chi connectivity index (χ1) is 9.61. The van der Waals surface area contributed by atoms with Gasteiger partial charge in [0.1, 0.15) is 0 Å². The molecular weight excluding hydrogens is 250 g/mol. The molecule has 0 aromatic rings. The Kier molecular flexibility index (Phi) is 5.82. The fourth-order valence-electron chi connectivity index (χ4n) is 3.66. The Labute approximate surface area is 122 Å². The first-order valence-corrected chi connectivity index (χ1v) is 8.05. The van der Waals surface area contributed by atoms with E-state index in [2.05, 4.69) is 18.5 Å².